The van der Waals surface area contributed by atoms with E-state index >= 15 is 0 Å². The van der Waals surface area contributed by atoms with Gasteiger partial charge in [0.05, 0.1) is 7.11 Å². The molecule has 0 saturated carbocycles. The van der Waals surface area contributed by atoms with Crippen molar-refractivity contribution in [3.05, 3.63) is 29.3 Å². The lowest BCUT2D eigenvalue weighted by atomic mass is 9.98. The van der Waals surface area contributed by atoms with Gasteiger partial charge in [-0.1, -0.05) is 57.6 Å². The minimum absolute atomic E-state index is 0.440. The van der Waals surface area contributed by atoms with Crippen LogP contribution in [0, 0.1) is 6.92 Å². The molecule has 0 amide bonds. The predicted molar refractivity (Wildman–Crippen MR) is 87.5 cm³/mol. The maximum Gasteiger partial charge on any atom is 0.122 e. The zero-order chi connectivity index (χ0) is 14.8. The van der Waals surface area contributed by atoms with Crippen molar-refractivity contribution in [2.24, 2.45) is 0 Å². The second kappa shape index (κ2) is 9.82. The van der Waals surface area contributed by atoms with E-state index in [0.717, 1.165) is 5.75 Å². The summed E-state index contributed by atoms with van der Waals surface area (Å²) in [4.78, 5) is 0. The first-order valence-corrected chi connectivity index (χ1v) is 8.04. The lowest BCUT2D eigenvalue weighted by molar-refractivity contribution is 0.409. The highest BCUT2D eigenvalue weighted by Crippen LogP contribution is 2.26. The van der Waals surface area contributed by atoms with Gasteiger partial charge >= 0.3 is 0 Å². The molecule has 0 spiro atoms. The zero-order valence-corrected chi connectivity index (χ0v) is 13.7. The third-order valence-corrected chi connectivity index (χ3v) is 4.03. The van der Waals surface area contributed by atoms with E-state index in [4.69, 9.17) is 4.74 Å². The molecule has 1 N–H and O–H groups in total. The molecule has 0 aliphatic rings. The van der Waals surface area contributed by atoms with Gasteiger partial charge in [0.25, 0.3) is 0 Å². The van der Waals surface area contributed by atoms with E-state index < -0.39 is 0 Å². The summed E-state index contributed by atoms with van der Waals surface area (Å²) in [6, 6.07) is 6.99. The Balaban J connectivity index is 2.45. The van der Waals surface area contributed by atoms with Crippen LogP contribution in [0.4, 0.5) is 0 Å². The molecule has 0 fully saturated rings. The Morgan fingerprint density at radius 1 is 1.10 bits per heavy atom. The summed E-state index contributed by atoms with van der Waals surface area (Å²) in [5.74, 6) is 0.991. The molecule has 0 aromatic heterocycles. The van der Waals surface area contributed by atoms with Crippen LogP contribution >= 0.6 is 0 Å². The minimum atomic E-state index is 0.440. The number of ether oxygens (including phenoxy) is 1. The molecule has 1 aromatic rings. The van der Waals surface area contributed by atoms with Crippen LogP contribution in [0.3, 0.4) is 0 Å². The molecule has 0 bridgehead atoms. The molecule has 1 aromatic carbocycles. The van der Waals surface area contributed by atoms with Crippen LogP contribution in [-0.2, 0) is 0 Å². The molecule has 1 rings (SSSR count). The van der Waals surface area contributed by atoms with Crippen molar-refractivity contribution in [3.8, 4) is 5.75 Å². The van der Waals surface area contributed by atoms with E-state index in [0.29, 0.717) is 6.04 Å². The predicted octanol–water partition coefficient (Wildman–Crippen LogP) is 5.01. The lowest BCUT2D eigenvalue weighted by Gasteiger charge is -2.18. The molecule has 0 aliphatic heterocycles. The topological polar surface area (TPSA) is 21.3 Å². The van der Waals surface area contributed by atoms with Crippen LogP contribution < -0.4 is 10.1 Å². The third-order valence-electron chi connectivity index (χ3n) is 4.03. The van der Waals surface area contributed by atoms with Gasteiger partial charge in [-0.3, -0.25) is 0 Å². The van der Waals surface area contributed by atoms with Crippen LogP contribution in [0.1, 0.15) is 69.0 Å². The van der Waals surface area contributed by atoms with Crippen molar-refractivity contribution in [1.82, 2.24) is 5.32 Å². The van der Waals surface area contributed by atoms with Crippen molar-refractivity contribution >= 4 is 0 Å². The average Bonchev–Trinajstić information content (AvgIpc) is 2.47. The first-order valence-electron chi connectivity index (χ1n) is 8.04. The lowest BCUT2D eigenvalue weighted by Crippen LogP contribution is -2.16. The quantitative estimate of drug-likeness (QED) is 0.607. The Hall–Kier alpha value is -1.02. The Labute approximate surface area is 124 Å². The first-order chi connectivity index (χ1) is 9.72. The summed E-state index contributed by atoms with van der Waals surface area (Å²) in [5, 5.41) is 3.44. The van der Waals surface area contributed by atoms with Crippen LogP contribution in [-0.4, -0.2) is 14.2 Å². The molecule has 20 heavy (non-hydrogen) atoms. The summed E-state index contributed by atoms with van der Waals surface area (Å²) >= 11 is 0. The van der Waals surface area contributed by atoms with Crippen molar-refractivity contribution in [2.45, 2.75) is 64.8 Å². The molecule has 0 radical (unpaired) electrons. The van der Waals surface area contributed by atoms with Crippen LogP contribution in [0.25, 0.3) is 0 Å². The highest BCUT2D eigenvalue weighted by molar-refractivity contribution is 5.37. The highest BCUT2D eigenvalue weighted by atomic mass is 16.5. The molecule has 1 atom stereocenters. The molecule has 2 heteroatoms. The normalized spacial score (nSPS) is 12.4. The third kappa shape index (κ3) is 5.54. The maximum absolute atomic E-state index is 5.42. The van der Waals surface area contributed by atoms with Crippen molar-refractivity contribution < 1.29 is 4.74 Å². The molecule has 0 aliphatic carbocycles. The number of hydrogen-bond acceptors (Lipinski definition) is 2. The number of unbranched alkanes of at least 4 members (excludes halogenated alkanes) is 5. The Morgan fingerprint density at radius 3 is 2.45 bits per heavy atom. The largest absolute Gasteiger partial charge is 0.496 e. The van der Waals surface area contributed by atoms with Gasteiger partial charge in [-0.25, -0.2) is 0 Å². The Kier molecular flexibility index (Phi) is 8.36. The zero-order valence-electron chi connectivity index (χ0n) is 13.7. The second-order valence-corrected chi connectivity index (χ2v) is 5.63. The molecule has 1 unspecified atom stereocenters. The van der Waals surface area contributed by atoms with Gasteiger partial charge in [0.1, 0.15) is 5.75 Å². The van der Waals surface area contributed by atoms with E-state index in [1.807, 2.05) is 7.05 Å². The standard InChI is InChI=1S/C18H31NO/c1-5-6-7-8-9-10-11-17(19-3)16-13-12-15(2)18(14-16)20-4/h12-14,17,19H,5-11H2,1-4H3. The monoisotopic (exact) mass is 277 g/mol. The van der Waals surface area contributed by atoms with Gasteiger partial charge in [-0.05, 0) is 37.6 Å². The fourth-order valence-corrected chi connectivity index (χ4v) is 2.66. The Bertz CT molecular complexity index is 376. The summed E-state index contributed by atoms with van der Waals surface area (Å²) in [7, 11) is 3.79. The fraction of sp³-hybridized carbons (Fsp3) is 0.667. The molecule has 0 heterocycles. The van der Waals surface area contributed by atoms with E-state index in [1.165, 1.54) is 56.1 Å². The van der Waals surface area contributed by atoms with Gasteiger partial charge < -0.3 is 10.1 Å². The Morgan fingerprint density at radius 2 is 1.80 bits per heavy atom. The smallest absolute Gasteiger partial charge is 0.122 e. The number of aryl methyl sites for hydroxylation is 1. The second-order valence-electron chi connectivity index (χ2n) is 5.63. The summed E-state index contributed by atoms with van der Waals surface area (Å²) in [6.07, 6.45) is 9.31. The summed E-state index contributed by atoms with van der Waals surface area (Å²) < 4.78 is 5.42. The number of benzene rings is 1. The molecular formula is C18H31NO. The summed E-state index contributed by atoms with van der Waals surface area (Å²) in [6.45, 7) is 4.35. The van der Waals surface area contributed by atoms with E-state index in [2.05, 4.69) is 37.4 Å². The van der Waals surface area contributed by atoms with Crippen molar-refractivity contribution in [1.29, 1.82) is 0 Å². The van der Waals surface area contributed by atoms with Gasteiger partial charge in [-0.15, -0.1) is 0 Å². The molecular weight excluding hydrogens is 246 g/mol. The van der Waals surface area contributed by atoms with Gasteiger partial charge in [0.2, 0.25) is 0 Å². The molecule has 114 valence electrons. The van der Waals surface area contributed by atoms with Crippen molar-refractivity contribution in [3.63, 3.8) is 0 Å². The van der Waals surface area contributed by atoms with Crippen molar-refractivity contribution in [2.75, 3.05) is 14.2 Å². The number of hydrogen-bond donors (Lipinski definition) is 1. The molecule has 0 saturated heterocycles. The SMILES string of the molecule is CCCCCCCCC(NC)c1ccc(C)c(OC)c1. The van der Waals surface area contributed by atoms with Crippen LogP contribution in [0.5, 0.6) is 5.75 Å². The number of rotatable bonds is 10. The van der Waals surface area contributed by atoms with Gasteiger partial charge in [0, 0.05) is 6.04 Å². The number of nitrogens with one attached hydrogen (secondary N) is 1. The van der Waals surface area contributed by atoms with E-state index in [-0.39, 0.29) is 0 Å². The van der Waals surface area contributed by atoms with E-state index in [1.54, 1.807) is 7.11 Å². The van der Waals surface area contributed by atoms with Gasteiger partial charge in [0.15, 0.2) is 0 Å². The minimum Gasteiger partial charge on any atom is -0.496 e. The molecule has 2 nitrogen and oxygen atoms in total. The fourth-order valence-electron chi connectivity index (χ4n) is 2.66. The summed E-state index contributed by atoms with van der Waals surface area (Å²) in [5.41, 5.74) is 2.54. The number of methoxy groups -OCH3 is 1. The highest BCUT2D eigenvalue weighted by Gasteiger charge is 2.10. The maximum atomic E-state index is 5.42. The first kappa shape index (κ1) is 17.0. The van der Waals surface area contributed by atoms with Gasteiger partial charge in [-0.2, -0.15) is 0 Å². The average molecular weight is 277 g/mol. The van der Waals surface area contributed by atoms with Crippen LogP contribution in [0.2, 0.25) is 0 Å². The van der Waals surface area contributed by atoms with E-state index in [9.17, 15) is 0 Å². The van der Waals surface area contributed by atoms with Crippen LogP contribution in [0.15, 0.2) is 18.2 Å².